The van der Waals surface area contributed by atoms with Crippen LogP contribution in [0.5, 0.6) is 0 Å². The SMILES string of the molecule is CCNC(=O)c1cc2nc(Cc3c(Cl)ccc(CNC(=O)C(C)(C)C)c3Cl)n(C)c2cc1N1CCC(F)(F)C1. The molecule has 0 saturated carbocycles. The number of aromatic nitrogens is 2. The number of imidazole rings is 1. The van der Waals surface area contributed by atoms with Crippen LogP contribution >= 0.6 is 23.2 Å². The Morgan fingerprint density at radius 2 is 1.87 bits per heavy atom. The van der Waals surface area contributed by atoms with Crippen LogP contribution in [0.15, 0.2) is 24.3 Å². The van der Waals surface area contributed by atoms with Crippen LogP contribution < -0.4 is 15.5 Å². The molecule has 2 amide bonds. The minimum absolute atomic E-state index is 0.0973. The molecule has 2 N–H and O–H groups in total. The Labute approximate surface area is 236 Å². The Kier molecular flexibility index (Phi) is 8.15. The average Bonchev–Trinajstić information content (AvgIpc) is 3.37. The summed E-state index contributed by atoms with van der Waals surface area (Å²) in [6.07, 6.45) is 0.0254. The van der Waals surface area contributed by atoms with E-state index in [1.54, 1.807) is 36.1 Å². The second-order valence-electron chi connectivity index (χ2n) is 10.9. The van der Waals surface area contributed by atoms with Gasteiger partial charge in [-0.3, -0.25) is 9.59 Å². The Bertz CT molecular complexity index is 1430. The summed E-state index contributed by atoms with van der Waals surface area (Å²) in [5, 5.41) is 6.57. The first kappa shape index (κ1) is 29.1. The van der Waals surface area contributed by atoms with Crippen LogP contribution in [0.3, 0.4) is 0 Å². The molecule has 0 radical (unpaired) electrons. The summed E-state index contributed by atoms with van der Waals surface area (Å²) < 4.78 is 30.0. The molecule has 0 bridgehead atoms. The number of amides is 2. The van der Waals surface area contributed by atoms with E-state index in [2.05, 4.69) is 10.6 Å². The van der Waals surface area contributed by atoms with Crippen molar-refractivity contribution in [2.45, 2.75) is 53.0 Å². The first-order valence-corrected chi connectivity index (χ1v) is 13.6. The fourth-order valence-electron chi connectivity index (χ4n) is 4.62. The van der Waals surface area contributed by atoms with Crippen LogP contribution in [0.25, 0.3) is 11.0 Å². The third-order valence-electron chi connectivity index (χ3n) is 6.90. The van der Waals surface area contributed by atoms with Gasteiger partial charge in [0.25, 0.3) is 11.8 Å². The molecule has 11 heteroatoms. The first-order valence-electron chi connectivity index (χ1n) is 12.9. The molecule has 1 aromatic heterocycles. The van der Waals surface area contributed by atoms with E-state index in [0.29, 0.717) is 50.3 Å². The zero-order chi connectivity index (χ0) is 28.7. The molecule has 2 heterocycles. The molecule has 1 aliphatic rings. The van der Waals surface area contributed by atoms with E-state index < -0.39 is 17.9 Å². The Balaban J connectivity index is 1.71. The second-order valence-corrected chi connectivity index (χ2v) is 11.7. The first-order chi connectivity index (χ1) is 18.2. The van der Waals surface area contributed by atoms with Crippen molar-refractivity contribution in [2.24, 2.45) is 12.5 Å². The molecule has 39 heavy (non-hydrogen) atoms. The van der Waals surface area contributed by atoms with Crippen LogP contribution in [-0.2, 0) is 24.8 Å². The third kappa shape index (κ3) is 6.14. The van der Waals surface area contributed by atoms with Crippen molar-refractivity contribution < 1.29 is 18.4 Å². The maximum atomic E-state index is 14.1. The minimum Gasteiger partial charge on any atom is -0.365 e. The molecule has 2 aromatic carbocycles. The van der Waals surface area contributed by atoms with Gasteiger partial charge < -0.3 is 20.1 Å². The Hall–Kier alpha value is -2.91. The summed E-state index contributed by atoms with van der Waals surface area (Å²) in [4.78, 5) is 31.5. The molecule has 4 rings (SSSR count). The number of hydrogen-bond donors (Lipinski definition) is 2. The number of carbonyl (C=O) groups excluding carboxylic acids is 2. The molecule has 7 nitrogen and oxygen atoms in total. The monoisotopic (exact) mass is 579 g/mol. The highest BCUT2D eigenvalue weighted by Crippen LogP contribution is 2.36. The van der Waals surface area contributed by atoms with Gasteiger partial charge in [0.15, 0.2) is 0 Å². The van der Waals surface area contributed by atoms with Crippen molar-refractivity contribution in [1.29, 1.82) is 0 Å². The molecule has 1 saturated heterocycles. The lowest BCUT2D eigenvalue weighted by molar-refractivity contribution is -0.128. The van der Waals surface area contributed by atoms with Gasteiger partial charge in [-0.25, -0.2) is 13.8 Å². The smallest absolute Gasteiger partial charge is 0.266 e. The van der Waals surface area contributed by atoms with E-state index in [4.69, 9.17) is 28.2 Å². The number of nitrogens with zero attached hydrogens (tertiary/aromatic N) is 3. The molecular formula is C28H33Cl2F2N5O2. The van der Waals surface area contributed by atoms with Crippen LogP contribution in [0.2, 0.25) is 10.0 Å². The number of rotatable bonds is 7. The largest absolute Gasteiger partial charge is 0.365 e. The lowest BCUT2D eigenvalue weighted by Gasteiger charge is -2.21. The van der Waals surface area contributed by atoms with E-state index in [1.165, 1.54) is 0 Å². The molecule has 1 fully saturated rings. The molecule has 0 atom stereocenters. The van der Waals surface area contributed by atoms with Gasteiger partial charge in [-0.15, -0.1) is 0 Å². The Morgan fingerprint density at radius 3 is 2.49 bits per heavy atom. The lowest BCUT2D eigenvalue weighted by atomic mass is 9.95. The van der Waals surface area contributed by atoms with E-state index in [-0.39, 0.29) is 37.7 Å². The Morgan fingerprint density at radius 1 is 1.15 bits per heavy atom. The van der Waals surface area contributed by atoms with Crippen LogP contribution in [0.1, 0.15) is 61.4 Å². The molecule has 0 spiro atoms. The van der Waals surface area contributed by atoms with E-state index >= 15 is 0 Å². The van der Waals surface area contributed by atoms with Crippen molar-refractivity contribution in [2.75, 3.05) is 24.5 Å². The highest BCUT2D eigenvalue weighted by molar-refractivity contribution is 6.36. The zero-order valence-corrected chi connectivity index (χ0v) is 24.2. The maximum absolute atomic E-state index is 14.1. The number of halogens is 4. The average molecular weight is 581 g/mol. The fraction of sp³-hybridized carbons (Fsp3) is 0.464. The van der Waals surface area contributed by atoms with Crippen LogP contribution in [-0.4, -0.2) is 46.9 Å². The predicted octanol–water partition coefficient (Wildman–Crippen LogP) is 5.73. The van der Waals surface area contributed by atoms with Crippen LogP contribution in [0, 0.1) is 5.41 Å². The highest BCUT2D eigenvalue weighted by atomic mass is 35.5. The van der Waals surface area contributed by atoms with Crippen molar-refractivity contribution in [3.05, 3.63) is 56.8 Å². The highest BCUT2D eigenvalue weighted by Gasteiger charge is 2.39. The minimum atomic E-state index is -2.81. The van der Waals surface area contributed by atoms with Gasteiger partial charge in [0, 0.05) is 50.0 Å². The van der Waals surface area contributed by atoms with Gasteiger partial charge in [-0.05, 0) is 36.2 Å². The van der Waals surface area contributed by atoms with E-state index in [9.17, 15) is 18.4 Å². The van der Waals surface area contributed by atoms with Crippen molar-refractivity contribution in [1.82, 2.24) is 20.2 Å². The molecular weight excluding hydrogens is 547 g/mol. The van der Waals surface area contributed by atoms with Gasteiger partial charge in [-0.2, -0.15) is 0 Å². The summed E-state index contributed by atoms with van der Waals surface area (Å²) in [6.45, 7) is 7.67. The topological polar surface area (TPSA) is 79.3 Å². The number of carbonyl (C=O) groups is 2. The number of fused-ring (bicyclic) bond motifs is 1. The quantitative estimate of drug-likeness (QED) is 0.374. The number of aryl methyl sites for hydroxylation is 1. The molecule has 1 aliphatic heterocycles. The number of hydrogen-bond acceptors (Lipinski definition) is 4. The number of alkyl halides is 2. The molecule has 0 unspecified atom stereocenters. The zero-order valence-electron chi connectivity index (χ0n) is 22.7. The van der Waals surface area contributed by atoms with E-state index in [0.717, 1.165) is 5.56 Å². The summed E-state index contributed by atoms with van der Waals surface area (Å²) in [5.41, 5.74) is 2.86. The van der Waals surface area contributed by atoms with Crippen LogP contribution in [0.4, 0.5) is 14.5 Å². The summed E-state index contributed by atoms with van der Waals surface area (Å²) in [6, 6.07) is 6.92. The van der Waals surface area contributed by atoms with Crippen molar-refractivity contribution in [3.63, 3.8) is 0 Å². The number of nitrogens with one attached hydrogen (secondary N) is 2. The van der Waals surface area contributed by atoms with Gasteiger partial charge in [0.1, 0.15) is 5.82 Å². The van der Waals surface area contributed by atoms with Crippen molar-refractivity contribution in [3.8, 4) is 0 Å². The standard InChI is InChI=1S/C28H33Cl2F2N5O2/c1-6-33-25(38)18-11-20-22(13-21(18)37-10-9-28(31,32)15-37)36(5)23(35-20)12-17-19(29)8-7-16(24(17)30)14-34-26(39)27(2,3)4/h7-8,11,13H,6,9-10,12,14-15H2,1-5H3,(H,33,38)(H,34,39). The molecule has 0 aliphatic carbocycles. The maximum Gasteiger partial charge on any atom is 0.266 e. The number of anilines is 1. The summed E-state index contributed by atoms with van der Waals surface area (Å²) in [7, 11) is 1.83. The van der Waals surface area contributed by atoms with Gasteiger partial charge in [-0.1, -0.05) is 50.0 Å². The normalized spacial score (nSPS) is 15.2. The van der Waals surface area contributed by atoms with Gasteiger partial charge in [0.05, 0.1) is 33.9 Å². The van der Waals surface area contributed by atoms with Gasteiger partial charge in [0.2, 0.25) is 5.91 Å². The number of benzene rings is 2. The fourth-order valence-corrected chi connectivity index (χ4v) is 5.19. The second kappa shape index (κ2) is 10.9. The summed E-state index contributed by atoms with van der Waals surface area (Å²) in [5.74, 6) is -2.61. The third-order valence-corrected chi connectivity index (χ3v) is 7.73. The van der Waals surface area contributed by atoms with E-state index in [1.807, 2.05) is 32.4 Å². The lowest BCUT2D eigenvalue weighted by Crippen LogP contribution is -2.34. The molecule has 3 aromatic rings. The van der Waals surface area contributed by atoms with Crippen molar-refractivity contribution >= 4 is 51.7 Å². The predicted molar refractivity (Wildman–Crippen MR) is 151 cm³/mol. The molecule has 210 valence electrons. The van der Waals surface area contributed by atoms with Gasteiger partial charge >= 0.3 is 0 Å². The summed E-state index contributed by atoms with van der Waals surface area (Å²) >= 11 is 13.3.